The lowest BCUT2D eigenvalue weighted by Crippen LogP contribution is -2.45. The molecule has 6 heteroatoms. The van der Waals surface area contributed by atoms with E-state index in [0.29, 0.717) is 22.9 Å². The van der Waals surface area contributed by atoms with Crippen molar-refractivity contribution in [2.24, 2.45) is 5.92 Å². The van der Waals surface area contributed by atoms with Crippen LogP contribution < -0.4 is 5.56 Å². The molecule has 3 atom stereocenters. The third-order valence-corrected chi connectivity index (χ3v) is 5.55. The maximum absolute atomic E-state index is 12.9. The van der Waals surface area contributed by atoms with E-state index in [4.69, 9.17) is 0 Å². The minimum absolute atomic E-state index is 0.0106. The number of amides is 1. The van der Waals surface area contributed by atoms with Gasteiger partial charge in [-0.25, -0.2) is 4.68 Å². The molecule has 1 aliphatic carbocycles. The zero-order valence-electron chi connectivity index (χ0n) is 13.9. The summed E-state index contributed by atoms with van der Waals surface area (Å²) in [6, 6.07) is 7.68. The van der Waals surface area contributed by atoms with Crippen LogP contribution in [0.15, 0.2) is 29.1 Å². The van der Waals surface area contributed by atoms with Crippen molar-refractivity contribution in [2.75, 3.05) is 0 Å². The highest BCUT2D eigenvalue weighted by Gasteiger charge is 2.42. The van der Waals surface area contributed by atoms with Gasteiger partial charge in [-0.1, -0.05) is 30.2 Å². The molecular weight excluding hydrogens is 304 g/mol. The van der Waals surface area contributed by atoms with Crippen molar-refractivity contribution >= 4 is 16.8 Å². The summed E-state index contributed by atoms with van der Waals surface area (Å²) in [5.74, 6) is 0.612. The molecule has 2 aromatic rings. The molecule has 6 nitrogen and oxygen atoms in total. The minimum atomic E-state index is -0.249. The Balaban J connectivity index is 1.60. The normalized spacial score (nSPS) is 26.5. The smallest absolute Gasteiger partial charge is 0.278 e. The molecule has 0 bridgehead atoms. The zero-order valence-corrected chi connectivity index (χ0v) is 13.9. The van der Waals surface area contributed by atoms with E-state index in [1.807, 2.05) is 11.0 Å². The number of hydrogen-bond acceptors (Lipinski definition) is 4. The number of nitrogens with zero attached hydrogens (tertiary/aromatic N) is 4. The van der Waals surface area contributed by atoms with Crippen LogP contribution in [0.1, 0.15) is 39.0 Å². The summed E-state index contributed by atoms with van der Waals surface area (Å²) in [6.45, 7) is 2.09. The van der Waals surface area contributed by atoms with Crippen molar-refractivity contribution in [3.8, 4) is 0 Å². The number of likely N-dealkylation sites (tertiary alicyclic amines) is 1. The van der Waals surface area contributed by atoms with Crippen LogP contribution in [-0.4, -0.2) is 37.9 Å². The SMILES string of the molecule is C[C@@H]1C[C@@H]2CCCC[C@H]2N1C(=O)Cn1nnc2ccccc2c1=O. The summed E-state index contributed by atoms with van der Waals surface area (Å²) in [4.78, 5) is 27.4. The van der Waals surface area contributed by atoms with Gasteiger partial charge >= 0.3 is 0 Å². The largest absolute Gasteiger partial charge is 0.335 e. The molecule has 1 aromatic heterocycles. The van der Waals surface area contributed by atoms with Crippen LogP contribution in [0.5, 0.6) is 0 Å². The van der Waals surface area contributed by atoms with E-state index in [2.05, 4.69) is 17.2 Å². The number of hydrogen-bond donors (Lipinski definition) is 0. The molecule has 126 valence electrons. The molecule has 0 spiro atoms. The van der Waals surface area contributed by atoms with E-state index < -0.39 is 0 Å². The van der Waals surface area contributed by atoms with Gasteiger partial charge in [-0.3, -0.25) is 9.59 Å². The molecule has 2 aliphatic rings. The third-order valence-electron chi connectivity index (χ3n) is 5.55. The quantitative estimate of drug-likeness (QED) is 0.846. The zero-order chi connectivity index (χ0) is 16.7. The fraction of sp³-hybridized carbons (Fsp3) is 0.556. The summed E-state index contributed by atoms with van der Waals surface area (Å²) < 4.78 is 1.20. The number of benzene rings is 1. The summed E-state index contributed by atoms with van der Waals surface area (Å²) in [7, 11) is 0. The van der Waals surface area contributed by atoms with E-state index in [1.54, 1.807) is 18.2 Å². The Hall–Kier alpha value is -2.24. The molecule has 1 saturated carbocycles. The molecular formula is C18H22N4O2. The number of carbonyl (C=O) groups is 1. The summed E-state index contributed by atoms with van der Waals surface area (Å²) in [5.41, 5.74) is 0.314. The van der Waals surface area contributed by atoms with E-state index in [1.165, 1.54) is 23.9 Å². The van der Waals surface area contributed by atoms with Gasteiger partial charge in [0.2, 0.25) is 5.91 Å². The molecule has 2 fully saturated rings. The summed E-state index contributed by atoms with van der Waals surface area (Å²) >= 11 is 0. The second kappa shape index (κ2) is 6.00. The Morgan fingerprint density at radius 3 is 2.92 bits per heavy atom. The van der Waals surface area contributed by atoms with E-state index in [0.717, 1.165) is 12.8 Å². The van der Waals surface area contributed by atoms with Crippen LogP contribution in [0.4, 0.5) is 0 Å². The second-order valence-corrected chi connectivity index (χ2v) is 7.07. The van der Waals surface area contributed by atoms with Crippen molar-refractivity contribution in [3.63, 3.8) is 0 Å². The second-order valence-electron chi connectivity index (χ2n) is 7.07. The Morgan fingerprint density at radius 1 is 1.25 bits per heavy atom. The molecule has 0 unspecified atom stereocenters. The average molecular weight is 326 g/mol. The molecule has 0 radical (unpaired) electrons. The van der Waals surface area contributed by atoms with Crippen molar-refractivity contribution in [3.05, 3.63) is 34.6 Å². The van der Waals surface area contributed by atoms with Crippen LogP contribution >= 0.6 is 0 Å². The molecule has 4 rings (SSSR count). The summed E-state index contributed by atoms with van der Waals surface area (Å²) in [6.07, 6.45) is 5.83. The molecule has 1 aromatic carbocycles. The van der Waals surface area contributed by atoms with Gasteiger partial charge in [-0.2, -0.15) is 0 Å². The Kier molecular flexibility index (Phi) is 3.82. The van der Waals surface area contributed by atoms with Crippen molar-refractivity contribution in [1.82, 2.24) is 19.9 Å². The number of fused-ring (bicyclic) bond motifs is 2. The van der Waals surface area contributed by atoms with Gasteiger partial charge in [0, 0.05) is 12.1 Å². The van der Waals surface area contributed by atoms with Gasteiger partial charge in [-0.05, 0) is 44.2 Å². The highest BCUT2D eigenvalue weighted by Crippen LogP contribution is 2.39. The first-order valence-corrected chi connectivity index (χ1v) is 8.79. The number of rotatable bonds is 2. The first kappa shape index (κ1) is 15.3. The van der Waals surface area contributed by atoms with Gasteiger partial charge in [0.05, 0.1) is 5.39 Å². The highest BCUT2D eigenvalue weighted by molar-refractivity contribution is 5.79. The number of carbonyl (C=O) groups excluding carboxylic acids is 1. The van der Waals surface area contributed by atoms with Crippen LogP contribution in [0.2, 0.25) is 0 Å². The van der Waals surface area contributed by atoms with Gasteiger partial charge in [0.1, 0.15) is 12.1 Å². The lowest BCUT2D eigenvalue weighted by Gasteiger charge is -2.33. The molecule has 1 amide bonds. The molecule has 2 heterocycles. The first-order chi connectivity index (χ1) is 11.6. The first-order valence-electron chi connectivity index (χ1n) is 8.79. The van der Waals surface area contributed by atoms with E-state index >= 15 is 0 Å². The van der Waals surface area contributed by atoms with Gasteiger partial charge in [0.25, 0.3) is 5.56 Å². The van der Waals surface area contributed by atoms with Gasteiger partial charge < -0.3 is 4.90 Å². The Morgan fingerprint density at radius 2 is 2.04 bits per heavy atom. The maximum Gasteiger partial charge on any atom is 0.278 e. The summed E-state index contributed by atoms with van der Waals surface area (Å²) in [5, 5.41) is 8.52. The van der Waals surface area contributed by atoms with Crippen LogP contribution in [0.3, 0.4) is 0 Å². The third kappa shape index (κ3) is 2.50. The predicted octanol–water partition coefficient (Wildman–Crippen LogP) is 1.97. The number of aromatic nitrogens is 3. The molecule has 24 heavy (non-hydrogen) atoms. The van der Waals surface area contributed by atoms with Crippen molar-refractivity contribution < 1.29 is 4.79 Å². The van der Waals surface area contributed by atoms with Crippen LogP contribution in [-0.2, 0) is 11.3 Å². The van der Waals surface area contributed by atoms with Crippen molar-refractivity contribution in [1.29, 1.82) is 0 Å². The molecule has 0 N–H and O–H groups in total. The highest BCUT2D eigenvalue weighted by atomic mass is 16.2. The fourth-order valence-corrected chi connectivity index (χ4v) is 4.48. The Labute approximate surface area is 140 Å². The topological polar surface area (TPSA) is 68.1 Å². The molecule has 1 saturated heterocycles. The minimum Gasteiger partial charge on any atom is -0.335 e. The van der Waals surface area contributed by atoms with E-state index in [9.17, 15) is 9.59 Å². The Bertz CT molecular complexity index is 831. The van der Waals surface area contributed by atoms with E-state index in [-0.39, 0.29) is 24.1 Å². The monoisotopic (exact) mass is 326 g/mol. The van der Waals surface area contributed by atoms with Gasteiger partial charge in [0.15, 0.2) is 0 Å². The van der Waals surface area contributed by atoms with Crippen molar-refractivity contribution in [2.45, 2.75) is 57.7 Å². The molecule has 1 aliphatic heterocycles. The van der Waals surface area contributed by atoms with Crippen LogP contribution in [0.25, 0.3) is 10.9 Å². The standard InChI is InChI=1S/C18H22N4O2/c1-12-10-13-6-2-5-9-16(13)22(12)17(23)11-21-18(24)14-7-3-4-8-15(14)19-20-21/h3-4,7-8,12-13,16H,2,5-6,9-11H2,1H3/t12-,13+,16-/m1/s1. The fourth-order valence-electron chi connectivity index (χ4n) is 4.48. The average Bonchev–Trinajstić information content (AvgIpc) is 2.93. The lowest BCUT2D eigenvalue weighted by molar-refractivity contribution is -0.135. The predicted molar refractivity (Wildman–Crippen MR) is 90.5 cm³/mol. The van der Waals surface area contributed by atoms with Gasteiger partial charge in [-0.15, -0.1) is 5.10 Å². The lowest BCUT2D eigenvalue weighted by atomic mass is 9.85. The maximum atomic E-state index is 12.9. The van der Waals surface area contributed by atoms with Crippen LogP contribution in [0, 0.1) is 5.92 Å².